The highest BCUT2D eigenvalue weighted by atomic mass is 19.3. The summed E-state index contributed by atoms with van der Waals surface area (Å²) in [6.07, 6.45) is -0.384. The molecule has 3 nitrogen and oxygen atoms in total. The molecule has 1 aromatic carbocycles. The molecule has 2 N–H and O–H groups in total. The summed E-state index contributed by atoms with van der Waals surface area (Å²) in [5.74, 6) is 0. The van der Waals surface area contributed by atoms with Crippen molar-refractivity contribution in [2.75, 3.05) is 30.8 Å². The third kappa shape index (κ3) is 2.90. The zero-order valence-electron chi connectivity index (χ0n) is 10.4. The molecular formula is C13H18F2N2O. The van der Waals surface area contributed by atoms with Gasteiger partial charge in [0, 0.05) is 37.1 Å². The second-order valence-corrected chi connectivity index (χ2v) is 4.58. The lowest BCUT2D eigenvalue weighted by Crippen LogP contribution is -2.36. The summed E-state index contributed by atoms with van der Waals surface area (Å²) in [7, 11) is 1.70. The molecule has 0 radical (unpaired) electrons. The van der Waals surface area contributed by atoms with Crippen LogP contribution >= 0.6 is 0 Å². The molecule has 5 heteroatoms. The lowest BCUT2D eigenvalue weighted by Gasteiger charge is -2.33. The van der Waals surface area contributed by atoms with Crippen LogP contribution in [-0.4, -0.2) is 26.3 Å². The predicted molar refractivity (Wildman–Crippen MR) is 68.1 cm³/mol. The topological polar surface area (TPSA) is 38.5 Å². The smallest absolute Gasteiger partial charge is 0.263 e. The number of anilines is 2. The Labute approximate surface area is 106 Å². The van der Waals surface area contributed by atoms with E-state index in [0.29, 0.717) is 5.69 Å². The van der Waals surface area contributed by atoms with Crippen LogP contribution in [0.15, 0.2) is 18.2 Å². The van der Waals surface area contributed by atoms with Crippen LogP contribution in [0.2, 0.25) is 0 Å². The van der Waals surface area contributed by atoms with Gasteiger partial charge in [-0.3, -0.25) is 0 Å². The quantitative estimate of drug-likeness (QED) is 0.845. The first-order valence-corrected chi connectivity index (χ1v) is 6.06. The van der Waals surface area contributed by atoms with Crippen LogP contribution in [0.5, 0.6) is 0 Å². The number of nitrogens with zero attached hydrogens (tertiary/aromatic N) is 1. The Hall–Kier alpha value is -1.36. The van der Waals surface area contributed by atoms with Gasteiger partial charge in [-0.1, -0.05) is 0 Å². The average molecular weight is 256 g/mol. The minimum Gasteiger partial charge on any atom is -0.399 e. The van der Waals surface area contributed by atoms with E-state index < -0.39 is 6.43 Å². The number of halogens is 2. The SMILES string of the molecule is COC1CCN(c2cc(N)cc(C(F)F)c2)CC1. The standard InChI is InChI=1S/C13H18F2N2O/c1-18-12-2-4-17(5-3-12)11-7-9(13(14)15)6-10(16)8-11/h6-8,12-13H,2-5,16H2,1H3. The third-order valence-corrected chi connectivity index (χ3v) is 3.35. The number of piperidine rings is 1. The fraction of sp³-hybridized carbons (Fsp3) is 0.538. The van der Waals surface area contributed by atoms with E-state index in [-0.39, 0.29) is 11.7 Å². The Morgan fingerprint density at radius 2 is 1.94 bits per heavy atom. The normalized spacial score (nSPS) is 17.4. The van der Waals surface area contributed by atoms with E-state index in [9.17, 15) is 8.78 Å². The summed E-state index contributed by atoms with van der Waals surface area (Å²) in [4.78, 5) is 2.08. The molecule has 0 spiro atoms. The Kier molecular flexibility index (Phi) is 4.01. The van der Waals surface area contributed by atoms with E-state index in [1.165, 1.54) is 12.1 Å². The Morgan fingerprint density at radius 3 is 2.50 bits per heavy atom. The number of hydrogen-bond acceptors (Lipinski definition) is 3. The van der Waals surface area contributed by atoms with Crippen LogP contribution < -0.4 is 10.6 Å². The molecule has 0 aliphatic carbocycles. The first-order valence-electron chi connectivity index (χ1n) is 6.06. The van der Waals surface area contributed by atoms with Gasteiger partial charge in [-0.25, -0.2) is 8.78 Å². The first-order chi connectivity index (χ1) is 8.60. The lowest BCUT2D eigenvalue weighted by molar-refractivity contribution is 0.0819. The van der Waals surface area contributed by atoms with Gasteiger partial charge >= 0.3 is 0 Å². The van der Waals surface area contributed by atoms with Crippen molar-refractivity contribution in [2.24, 2.45) is 0 Å². The number of methoxy groups -OCH3 is 1. The molecule has 0 bridgehead atoms. The molecule has 0 unspecified atom stereocenters. The van der Waals surface area contributed by atoms with Crippen molar-refractivity contribution in [3.63, 3.8) is 0 Å². The molecule has 1 heterocycles. The van der Waals surface area contributed by atoms with E-state index in [2.05, 4.69) is 4.90 Å². The zero-order chi connectivity index (χ0) is 13.1. The van der Waals surface area contributed by atoms with Gasteiger partial charge in [-0.05, 0) is 31.0 Å². The van der Waals surface area contributed by atoms with Gasteiger partial charge in [0.25, 0.3) is 6.43 Å². The van der Waals surface area contributed by atoms with Crippen molar-refractivity contribution in [3.05, 3.63) is 23.8 Å². The van der Waals surface area contributed by atoms with Gasteiger partial charge in [0.05, 0.1) is 6.10 Å². The van der Waals surface area contributed by atoms with Crippen LogP contribution in [0, 0.1) is 0 Å². The van der Waals surface area contributed by atoms with E-state index >= 15 is 0 Å². The summed E-state index contributed by atoms with van der Waals surface area (Å²) in [6, 6.07) is 4.60. The Morgan fingerprint density at radius 1 is 1.28 bits per heavy atom. The van der Waals surface area contributed by atoms with E-state index in [1.807, 2.05) is 0 Å². The van der Waals surface area contributed by atoms with Gasteiger partial charge in [0.2, 0.25) is 0 Å². The maximum Gasteiger partial charge on any atom is 0.263 e. The largest absolute Gasteiger partial charge is 0.399 e. The van der Waals surface area contributed by atoms with Gasteiger partial charge in [0.1, 0.15) is 0 Å². The number of alkyl halides is 2. The molecule has 0 saturated carbocycles. The molecule has 1 aliphatic rings. The maximum absolute atomic E-state index is 12.7. The first kappa shape index (κ1) is 13.1. The highest BCUT2D eigenvalue weighted by Gasteiger charge is 2.20. The second-order valence-electron chi connectivity index (χ2n) is 4.58. The molecular weight excluding hydrogens is 238 g/mol. The van der Waals surface area contributed by atoms with Gasteiger partial charge in [-0.2, -0.15) is 0 Å². The van der Waals surface area contributed by atoms with Crippen molar-refractivity contribution in [3.8, 4) is 0 Å². The molecule has 0 amide bonds. The molecule has 1 saturated heterocycles. The summed E-state index contributed by atoms with van der Waals surface area (Å²) in [5.41, 5.74) is 6.82. The fourth-order valence-corrected chi connectivity index (χ4v) is 2.32. The highest BCUT2D eigenvalue weighted by Crippen LogP contribution is 2.29. The lowest BCUT2D eigenvalue weighted by atomic mass is 10.1. The van der Waals surface area contributed by atoms with Gasteiger partial charge < -0.3 is 15.4 Å². The molecule has 0 aromatic heterocycles. The summed E-state index contributed by atoms with van der Waals surface area (Å²) in [6.45, 7) is 1.62. The molecule has 0 atom stereocenters. The van der Waals surface area contributed by atoms with Crippen molar-refractivity contribution in [2.45, 2.75) is 25.4 Å². The Balaban J connectivity index is 2.13. The number of rotatable bonds is 3. The minimum absolute atomic E-state index is 0.0149. The van der Waals surface area contributed by atoms with E-state index in [1.54, 1.807) is 13.2 Å². The van der Waals surface area contributed by atoms with Crippen LogP contribution in [-0.2, 0) is 4.74 Å². The van der Waals surface area contributed by atoms with Gasteiger partial charge in [-0.15, -0.1) is 0 Å². The monoisotopic (exact) mass is 256 g/mol. The average Bonchev–Trinajstić information content (AvgIpc) is 2.38. The number of benzene rings is 1. The predicted octanol–water partition coefficient (Wildman–Crippen LogP) is 2.82. The number of nitrogen functional groups attached to an aromatic ring is 1. The van der Waals surface area contributed by atoms with Gasteiger partial charge in [0.15, 0.2) is 0 Å². The third-order valence-electron chi connectivity index (χ3n) is 3.35. The maximum atomic E-state index is 12.7. The zero-order valence-corrected chi connectivity index (χ0v) is 10.4. The van der Waals surface area contributed by atoms with Crippen LogP contribution in [0.4, 0.5) is 20.2 Å². The van der Waals surface area contributed by atoms with E-state index in [4.69, 9.17) is 10.5 Å². The van der Waals surface area contributed by atoms with Crippen LogP contribution in [0.25, 0.3) is 0 Å². The molecule has 1 fully saturated rings. The number of ether oxygens (including phenoxy) is 1. The van der Waals surface area contributed by atoms with Crippen molar-refractivity contribution >= 4 is 11.4 Å². The second kappa shape index (κ2) is 5.52. The fourth-order valence-electron chi connectivity index (χ4n) is 2.32. The van der Waals surface area contributed by atoms with Crippen molar-refractivity contribution in [1.82, 2.24) is 0 Å². The van der Waals surface area contributed by atoms with Crippen molar-refractivity contribution < 1.29 is 13.5 Å². The van der Waals surface area contributed by atoms with E-state index in [0.717, 1.165) is 31.6 Å². The van der Waals surface area contributed by atoms with Crippen LogP contribution in [0.3, 0.4) is 0 Å². The summed E-state index contributed by atoms with van der Waals surface area (Å²) >= 11 is 0. The molecule has 1 aromatic rings. The number of nitrogens with two attached hydrogens (primary N) is 1. The molecule has 100 valence electrons. The van der Waals surface area contributed by atoms with Crippen molar-refractivity contribution in [1.29, 1.82) is 0 Å². The molecule has 1 aliphatic heterocycles. The summed E-state index contributed by atoms with van der Waals surface area (Å²) < 4.78 is 30.7. The highest BCUT2D eigenvalue weighted by molar-refractivity contribution is 5.59. The Bertz CT molecular complexity index is 404. The van der Waals surface area contributed by atoms with Crippen LogP contribution in [0.1, 0.15) is 24.8 Å². The summed E-state index contributed by atoms with van der Waals surface area (Å²) in [5, 5.41) is 0. The molecule has 2 rings (SSSR count). The minimum atomic E-state index is -2.48. The number of hydrogen-bond donors (Lipinski definition) is 1. The molecule has 18 heavy (non-hydrogen) atoms.